The average Bonchev–Trinajstić information content (AvgIpc) is 3.22. The number of carbonyl (C=O) groups is 2. The van der Waals surface area contributed by atoms with Crippen LogP contribution in [0.5, 0.6) is 0 Å². The largest absolute Gasteiger partial charge is 0.358 e. The Morgan fingerprint density at radius 2 is 1.95 bits per heavy atom. The number of nitrogens with one attached hydrogen (secondary N) is 1. The molecule has 1 aromatic heterocycles. The zero-order chi connectivity index (χ0) is 15.0. The van der Waals surface area contributed by atoms with Gasteiger partial charge in [-0.25, -0.2) is 4.98 Å². The Morgan fingerprint density at radius 1 is 1.29 bits per heavy atom. The summed E-state index contributed by atoms with van der Waals surface area (Å²) in [5.41, 5.74) is 0.263. The Bertz CT molecular complexity index is 559. The predicted octanol–water partition coefficient (Wildman–Crippen LogP) is 0.626. The highest BCUT2D eigenvalue weighted by molar-refractivity contribution is 7.13. The SMILES string of the molecule is CNC(=O)C1(C(=O)N2CCN(c3nc(C)cs3)CC2)CC1. The van der Waals surface area contributed by atoms with E-state index >= 15 is 0 Å². The first-order valence-electron chi connectivity index (χ1n) is 7.25. The predicted molar refractivity (Wildman–Crippen MR) is 81.4 cm³/mol. The van der Waals surface area contributed by atoms with Gasteiger partial charge in [-0.15, -0.1) is 11.3 Å². The van der Waals surface area contributed by atoms with Gasteiger partial charge < -0.3 is 15.1 Å². The quantitative estimate of drug-likeness (QED) is 0.832. The Balaban J connectivity index is 1.61. The summed E-state index contributed by atoms with van der Waals surface area (Å²) in [4.78, 5) is 33.0. The molecule has 0 radical (unpaired) electrons. The fourth-order valence-corrected chi connectivity index (χ4v) is 3.65. The molecule has 114 valence electrons. The summed E-state index contributed by atoms with van der Waals surface area (Å²) in [5, 5.41) is 5.68. The molecule has 1 saturated carbocycles. The molecule has 2 amide bonds. The first-order valence-corrected chi connectivity index (χ1v) is 8.13. The van der Waals surface area contributed by atoms with Crippen LogP contribution in [0.3, 0.4) is 0 Å². The van der Waals surface area contributed by atoms with Gasteiger partial charge in [0.05, 0.1) is 5.69 Å². The fourth-order valence-electron chi connectivity index (χ4n) is 2.79. The summed E-state index contributed by atoms with van der Waals surface area (Å²) in [5.74, 6) is -0.137. The number of hydrogen-bond acceptors (Lipinski definition) is 5. The Hall–Kier alpha value is -1.63. The summed E-state index contributed by atoms with van der Waals surface area (Å²) in [7, 11) is 1.60. The first kappa shape index (κ1) is 14.3. The molecule has 2 heterocycles. The van der Waals surface area contributed by atoms with Crippen LogP contribution in [-0.2, 0) is 9.59 Å². The van der Waals surface area contributed by atoms with Crippen molar-refractivity contribution in [3.8, 4) is 0 Å². The molecule has 1 aliphatic carbocycles. The third-order valence-corrected chi connectivity index (χ3v) is 5.28. The average molecular weight is 308 g/mol. The minimum absolute atomic E-state index is 0.00295. The van der Waals surface area contributed by atoms with Crippen molar-refractivity contribution in [2.24, 2.45) is 5.41 Å². The zero-order valence-electron chi connectivity index (χ0n) is 12.4. The normalized spacial score (nSPS) is 20.3. The maximum atomic E-state index is 12.6. The number of anilines is 1. The molecule has 0 spiro atoms. The van der Waals surface area contributed by atoms with Crippen LogP contribution >= 0.6 is 11.3 Å². The van der Waals surface area contributed by atoms with Crippen molar-refractivity contribution in [1.29, 1.82) is 0 Å². The molecular formula is C14H20N4O2S. The van der Waals surface area contributed by atoms with Gasteiger partial charge in [-0.1, -0.05) is 0 Å². The second kappa shape index (κ2) is 5.29. The van der Waals surface area contributed by atoms with E-state index in [9.17, 15) is 9.59 Å². The van der Waals surface area contributed by atoms with Crippen molar-refractivity contribution in [2.75, 3.05) is 38.1 Å². The van der Waals surface area contributed by atoms with E-state index < -0.39 is 5.41 Å². The first-order chi connectivity index (χ1) is 10.1. The van der Waals surface area contributed by atoms with Crippen molar-refractivity contribution in [2.45, 2.75) is 19.8 Å². The molecule has 1 aromatic rings. The van der Waals surface area contributed by atoms with Crippen LogP contribution in [-0.4, -0.2) is 54.9 Å². The number of rotatable bonds is 3. The maximum Gasteiger partial charge on any atom is 0.238 e. The lowest BCUT2D eigenvalue weighted by Crippen LogP contribution is -2.53. The Morgan fingerprint density at radius 3 is 2.43 bits per heavy atom. The summed E-state index contributed by atoms with van der Waals surface area (Å²) in [6.07, 6.45) is 1.36. The van der Waals surface area contributed by atoms with E-state index in [0.717, 1.165) is 23.9 Å². The smallest absolute Gasteiger partial charge is 0.238 e. The van der Waals surface area contributed by atoms with E-state index in [-0.39, 0.29) is 11.8 Å². The Kier molecular flexibility index (Phi) is 3.61. The van der Waals surface area contributed by atoms with E-state index in [2.05, 4.69) is 15.2 Å². The third-order valence-electron chi connectivity index (χ3n) is 4.27. The molecule has 1 saturated heterocycles. The second-order valence-electron chi connectivity index (χ2n) is 5.71. The zero-order valence-corrected chi connectivity index (χ0v) is 13.2. The number of nitrogens with zero attached hydrogens (tertiary/aromatic N) is 3. The number of hydrogen-bond donors (Lipinski definition) is 1. The molecule has 21 heavy (non-hydrogen) atoms. The third kappa shape index (κ3) is 2.50. The van der Waals surface area contributed by atoms with Gasteiger partial charge in [0.15, 0.2) is 5.13 Å². The summed E-state index contributed by atoms with van der Waals surface area (Å²) >= 11 is 1.64. The van der Waals surface area contributed by atoms with Crippen LogP contribution < -0.4 is 10.2 Å². The van der Waals surface area contributed by atoms with E-state index in [4.69, 9.17) is 0 Å². The number of aryl methyl sites for hydroxylation is 1. The van der Waals surface area contributed by atoms with Crippen molar-refractivity contribution in [1.82, 2.24) is 15.2 Å². The summed E-state index contributed by atoms with van der Waals surface area (Å²) < 4.78 is 0. The van der Waals surface area contributed by atoms with Crippen molar-refractivity contribution in [3.05, 3.63) is 11.1 Å². The monoisotopic (exact) mass is 308 g/mol. The van der Waals surface area contributed by atoms with Crippen LogP contribution in [0.1, 0.15) is 18.5 Å². The van der Waals surface area contributed by atoms with E-state index in [1.54, 1.807) is 18.4 Å². The van der Waals surface area contributed by atoms with Gasteiger partial charge in [-0.05, 0) is 19.8 Å². The number of piperazine rings is 1. The highest BCUT2D eigenvalue weighted by atomic mass is 32.1. The maximum absolute atomic E-state index is 12.6. The van der Waals surface area contributed by atoms with Crippen LogP contribution in [0.25, 0.3) is 0 Å². The topological polar surface area (TPSA) is 65.5 Å². The molecular weight excluding hydrogens is 288 g/mol. The molecule has 1 N–H and O–H groups in total. The minimum atomic E-state index is -0.769. The van der Waals surface area contributed by atoms with Crippen LogP contribution in [0.2, 0.25) is 0 Å². The lowest BCUT2D eigenvalue weighted by Gasteiger charge is -2.36. The Labute approximate surface area is 128 Å². The summed E-state index contributed by atoms with van der Waals surface area (Å²) in [6, 6.07) is 0. The van der Waals surface area contributed by atoms with Gasteiger partial charge in [-0.2, -0.15) is 0 Å². The highest BCUT2D eigenvalue weighted by Gasteiger charge is 2.57. The van der Waals surface area contributed by atoms with E-state index in [0.29, 0.717) is 25.9 Å². The van der Waals surface area contributed by atoms with Gasteiger partial charge in [0.2, 0.25) is 11.8 Å². The summed E-state index contributed by atoms with van der Waals surface area (Å²) in [6.45, 7) is 4.87. The number of aromatic nitrogens is 1. The van der Waals surface area contributed by atoms with Crippen LogP contribution in [0.15, 0.2) is 5.38 Å². The molecule has 3 rings (SSSR count). The molecule has 0 bridgehead atoms. The second-order valence-corrected chi connectivity index (χ2v) is 6.55. The molecule has 1 aliphatic heterocycles. The number of amides is 2. The highest BCUT2D eigenvalue weighted by Crippen LogP contribution is 2.47. The van der Waals surface area contributed by atoms with Gasteiger partial charge in [0, 0.05) is 38.6 Å². The van der Waals surface area contributed by atoms with Gasteiger partial charge in [0.25, 0.3) is 0 Å². The van der Waals surface area contributed by atoms with Gasteiger partial charge in [0.1, 0.15) is 5.41 Å². The van der Waals surface area contributed by atoms with Crippen LogP contribution in [0, 0.1) is 12.3 Å². The molecule has 0 aromatic carbocycles. The van der Waals surface area contributed by atoms with Crippen molar-refractivity contribution < 1.29 is 9.59 Å². The lowest BCUT2D eigenvalue weighted by atomic mass is 10.0. The molecule has 0 unspecified atom stereocenters. The lowest BCUT2D eigenvalue weighted by molar-refractivity contribution is -0.144. The standard InChI is InChI=1S/C14H20N4O2S/c1-10-9-21-13(16-10)18-7-5-17(6-8-18)12(20)14(3-4-14)11(19)15-2/h9H,3-8H2,1-2H3,(H,15,19). The van der Waals surface area contributed by atoms with E-state index in [1.807, 2.05) is 17.2 Å². The molecule has 0 atom stereocenters. The van der Waals surface area contributed by atoms with Crippen LogP contribution in [0.4, 0.5) is 5.13 Å². The minimum Gasteiger partial charge on any atom is -0.358 e. The molecule has 7 heteroatoms. The number of carbonyl (C=O) groups excluding carboxylic acids is 2. The molecule has 2 aliphatic rings. The number of thiazole rings is 1. The van der Waals surface area contributed by atoms with Crippen molar-refractivity contribution >= 4 is 28.3 Å². The van der Waals surface area contributed by atoms with Crippen molar-refractivity contribution in [3.63, 3.8) is 0 Å². The molecule has 2 fully saturated rings. The van der Waals surface area contributed by atoms with Gasteiger partial charge in [-0.3, -0.25) is 9.59 Å². The fraction of sp³-hybridized carbons (Fsp3) is 0.643. The van der Waals surface area contributed by atoms with Gasteiger partial charge >= 0.3 is 0 Å². The van der Waals surface area contributed by atoms with E-state index in [1.165, 1.54) is 0 Å². The molecule has 6 nitrogen and oxygen atoms in total.